The summed E-state index contributed by atoms with van der Waals surface area (Å²) in [6, 6.07) is 5.76. The molecule has 5 nitrogen and oxygen atoms in total. The van der Waals surface area contributed by atoms with E-state index in [2.05, 4.69) is 0 Å². The number of carbonyl (C=O) groups is 2. The minimum Gasteiger partial charge on any atom is -0.496 e. The largest absolute Gasteiger partial charge is 0.496 e. The highest BCUT2D eigenvalue weighted by molar-refractivity contribution is 5.86. The third kappa shape index (κ3) is 2.86. The molecule has 5 heteroatoms. The number of aliphatic carboxylic acids is 1. The van der Waals surface area contributed by atoms with Crippen LogP contribution in [0.1, 0.15) is 17.5 Å². The highest BCUT2D eigenvalue weighted by Crippen LogP contribution is 2.25. The zero-order valence-corrected chi connectivity index (χ0v) is 11.0. The number of amides is 1. The highest BCUT2D eigenvalue weighted by Gasteiger charge is 2.34. The van der Waals surface area contributed by atoms with Crippen LogP contribution >= 0.6 is 0 Å². The fraction of sp³-hybridized carbons (Fsp3) is 0.429. The number of carboxylic acid groups (broad SMARTS) is 1. The Kier molecular flexibility index (Phi) is 3.74. The van der Waals surface area contributed by atoms with Crippen LogP contribution in [0.25, 0.3) is 0 Å². The second-order valence-corrected chi connectivity index (χ2v) is 4.83. The highest BCUT2D eigenvalue weighted by atomic mass is 16.5. The Morgan fingerprint density at radius 3 is 2.84 bits per heavy atom. The number of aryl methyl sites for hydroxylation is 1. The molecule has 1 aliphatic rings. The molecule has 0 saturated carbocycles. The van der Waals surface area contributed by atoms with Crippen molar-refractivity contribution in [1.29, 1.82) is 0 Å². The van der Waals surface area contributed by atoms with Crippen molar-refractivity contribution in [2.45, 2.75) is 19.9 Å². The molecular weight excluding hydrogens is 246 g/mol. The van der Waals surface area contributed by atoms with E-state index in [-0.39, 0.29) is 18.9 Å². The first-order chi connectivity index (χ1) is 9.01. The molecule has 1 fully saturated rings. The molecule has 1 unspecified atom stereocenters. The molecule has 1 heterocycles. The fourth-order valence-corrected chi connectivity index (χ4v) is 2.33. The van der Waals surface area contributed by atoms with E-state index in [1.165, 1.54) is 0 Å². The zero-order chi connectivity index (χ0) is 14.0. The molecule has 0 radical (unpaired) electrons. The van der Waals surface area contributed by atoms with E-state index in [1.54, 1.807) is 12.0 Å². The standard InChI is InChI=1S/C14H17NO4/c1-9-3-4-12(19-2)10(5-9)7-15-8-11(14(17)18)6-13(15)16/h3-5,11H,6-8H2,1-2H3,(H,17,18). The van der Waals surface area contributed by atoms with E-state index >= 15 is 0 Å². The van der Waals surface area contributed by atoms with Gasteiger partial charge in [0.2, 0.25) is 5.91 Å². The van der Waals surface area contributed by atoms with Gasteiger partial charge in [-0.15, -0.1) is 0 Å². The lowest BCUT2D eigenvalue weighted by atomic mass is 10.1. The average Bonchev–Trinajstić information content (AvgIpc) is 2.72. The Morgan fingerprint density at radius 2 is 2.26 bits per heavy atom. The molecule has 0 spiro atoms. The molecule has 1 aliphatic heterocycles. The molecule has 2 rings (SSSR count). The van der Waals surface area contributed by atoms with E-state index in [1.807, 2.05) is 25.1 Å². The Labute approximate surface area is 111 Å². The quantitative estimate of drug-likeness (QED) is 0.892. The summed E-state index contributed by atoms with van der Waals surface area (Å²) in [6.07, 6.45) is 0.0868. The van der Waals surface area contributed by atoms with Gasteiger partial charge < -0.3 is 14.7 Å². The maximum atomic E-state index is 11.8. The maximum Gasteiger partial charge on any atom is 0.308 e. The summed E-state index contributed by atoms with van der Waals surface area (Å²) in [5.41, 5.74) is 1.99. The number of benzene rings is 1. The van der Waals surface area contributed by atoms with E-state index in [0.29, 0.717) is 6.54 Å². The van der Waals surface area contributed by atoms with Crippen molar-refractivity contribution in [2.75, 3.05) is 13.7 Å². The number of carboxylic acids is 1. The van der Waals surface area contributed by atoms with Crippen molar-refractivity contribution in [3.8, 4) is 5.75 Å². The minimum atomic E-state index is -0.910. The predicted molar refractivity (Wildman–Crippen MR) is 68.9 cm³/mol. The Morgan fingerprint density at radius 1 is 1.53 bits per heavy atom. The molecule has 1 saturated heterocycles. The van der Waals surface area contributed by atoms with Crippen LogP contribution in [-0.2, 0) is 16.1 Å². The molecule has 1 aromatic rings. The molecule has 0 bridgehead atoms. The maximum absolute atomic E-state index is 11.8. The van der Waals surface area contributed by atoms with Gasteiger partial charge >= 0.3 is 5.97 Å². The molecule has 1 amide bonds. The number of carbonyl (C=O) groups excluding carboxylic acids is 1. The van der Waals surface area contributed by atoms with Gasteiger partial charge in [-0.1, -0.05) is 17.7 Å². The summed E-state index contributed by atoms with van der Waals surface area (Å²) in [6.45, 7) is 2.63. The van der Waals surface area contributed by atoms with Crippen molar-refractivity contribution in [3.05, 3.63) is 29.3 Å². The molecule has 0 aliphatic carbocycles. The van der Waals surface area contributed by atoms with Gasteiger partial charge in [-0.25, -0.2) is 0 Å². The topological polar surface area (TPSA) is 66.8 Å². The summed E-state index contributed by atoms with van der Waals surface area (Å²) in [5.74, 6) is -0.900. The Hall–Kier alpha value is -2.04. The number of nitrogens with zero attached hydrogens (tertiary/aromatic N) is 1. The number of rotatable bonds is 4. The SMILES string of the molecule is COc1ccc(C)cc1CN1CC(C(=O)O)CC1=O. The van der Waals surface area contributed by atoms with Crippen molar-refractivity contribution in [1.82, 2.24) is 4.90 Å². The molecule has 1 N–H and O–H groups in total. The van der Waals surface area contributed by atoms with Gasteiger partial charge in [0.05, 0.1) is 13.0 Å². The summed E-state index contributed by atoms with van der Waals surface area (Å²) in [5, 5.41) is 8.96. The van der Waals surface area contributed by atoms with Gasteiger partial charge in [0.25, 0.3) is 0 Å². The first kappa shape index (κ1) is 13.4. The fourth-order valence-electron chi connectivity index (χ4n) is 2.33. The van der Waals surface area contributed by atoms with Crippen LogP contribution in [0.4, 0.5) is 0 Å². The Bertz CT molecular complexity index is 512. The summed E-state index contributed by atoms with van der Waals surface area (Å²) < 4.78 is 5.27. The van der Waals surface area contributed by atoms with Crippen molar-refractivity contribution in [3.63, 3.8) is 0 Å². The van der Waals surface area contributed by atoms with Gasteiger partial charge in [-0.3, -0.25) is 9.59 Å². The average molecular weight is 263 g/mol. The lowest BCUT2D eigenvalue weighted by Crippen LogP contribution is -2.26. The van der Waals surface area contributed by atoms with Crippen LogP contribution in [0.5, 0.6) is 5.75 Å². The minimum absolute atomic E-state index is 0.0868. The van der Waals surface area contributed by atoms with E-state index < -0.39 is 11.9 Å². The lowest BCUT2D eigenvalue weighted by Gasteiger charge is -2.18. The molecule has 1 atom stereocenters. The smallest absolute Gasteiger partial charge is 0.308 e. The van der Waals surface area contributed by atoms with Crippen LogP contribution < -0.4 is 4.74 Å². The Balaban J connectivity index is 2.15. The molecular formula is C14H17NO4. The third-order valence-electron chi connectivity index (χ3n) is 3.36. The summed E-state index contributed by atoms with van der Waals surface area (Å²) in [7, 11) is 1.58. The van der Waals surface area contributed by atoms with E-state index in [9.17, 15) is 9.59 Å². The predicted octanol–water partition coefficient (Wildman–Crippen LogP) is 1.44. The van der Waals surface area contributed by atoms with Crippen LogP contribution in [-0.4, -0.2) is 35.5 Å². The first-order valence-electron chi connectivity index (χ1n) is 6.15. The van der Waals surface area contributed by atoms with E-state index in [4.69, 9.17) is 9.84 Å². The number of methoxy groups -OCH3 is 1. The second-order valence-electron chi connectivity index (χ2n) is 4.83. The second kappa shape index (κ2) is 5.30. The monoisotopic (exact) mass is 263 g/mol. The number of hydrogen-bond acceptors (Lipinski definition) is 3. The number of ether oxygens (including phenoxy) is 1. The van der Waals surface area contributed by atoms with Crippen LogP contribution in [0, 0.1) is 12.8 Å². The van der Waals surface area contributed by atoms with Crippen LogP contribution in [0.2, 0.25) is 0 Å². The van der Waals surface area contributed by atoms with Crippen LogP contribution in [0.3, 0.4) is 0 Å². The third-order valence-corrected chi connectivity index (χ3v) is 3.36. The van der Waals surface area contributed by atoms with Gasteiger partial charge in [0, 0.05) is 25.1 Å². The summed E-state index contributed by atoms with van der Waals surface area (Å²) >= 11 is 0. The first-order valence-corrected chi connectivity index (χ1v) is 6.15. The molecule has 1 aromatic carbocycles. The lowest BCUT2D eigenvalue weighted by molar-refractivity contribution is -0.141. The van der Waals surface area contributed by atoms with Gasteiger partial charge in [-0.2, -0.15) is 0 Å². The van der Waals surface area contributed by atoms with Gasteiger partial charge in [0.15, 0.2) is 0 Å². The van der Waals surface area contributed by atoms with Crippen molar-refractivity contribution >= 4 is 11.9 Å². The molecule has 102 valence electrons. The normalized spacial score (nSPS) is 18.7. The van der Waals surface area contributed by atoms with Crippen molar-refractivity contribution in [2.24, 2.45) is 5.92 Å². The number of likely N-dealkylation sites (tertiary alicyclic amines) is 1. The zero-order valence-electron chi connectivity index (χ0n) is 11.0. The van der Waals surface area contributed by atoms with Gasteiger partial charge in [-0.05, 0) is 13.0 Å². The summed E-state index contributed by atoms with van der Waals surface area (Å²) in [4.78, 5) is 24.3. The van der Waals surface area contributed by atoms with E-state index in [0.717, 1.165) is 16.9 Å². The van der Waals surface area contributed by atoms with Crippen LogP contribution in [0.15, 0.2) is 18.2 Å². The molecule has 0 aromatic heterocycles. The van der Waals surface area contributed by atoms with Gasteiger partial charge in [0.1, 0.15) is 5.75 Å². The number of hydrogen-bond donors (Lipinski definition) is 1. The molecule has 19 heavy (non-hydrogen) atoms. The van der Waals surface area contributed by atoms with Crippen molar-refractivity contribution < 1.29 is 19.4 Å².